The van der Waals surface area contributed by atoms with Crippen molar-refractivity contribution in [1.29, 1.82) is 0 Å². The summed E-state index contributed by atoms with van der Waals surface area (Å²) in [4.78, 5) is 11.4. The second-order valence-corrected chi connectivity index (χ2v) is 7.18. The quantitative estimate of drug-likeness (QED) is 0.802. The lowest BCUT2D eigenvalue weighted by atomic mass is 9.61. The van der Waals surface area contributed by atoms with Crippen LogP contribution in [0.1, 0.15) is 65.7 Å². The smallest absolute Gasteiger partial charge is 0.320 e. The number of nitrogens with one attached hydrogen (secondary N) is 1. The van der Waals surface area contributed by atoms with Crippen molar-refractivity contribution >= 4 is 5.97 Å². The number of carboxylic acid groups (broad SMARTS) is 1. The van der Waals surface area contributed by atoms with Crippen molar-refractivity contribution in [3.63, 3.8) is 0 Å². The monoisotopic (exact) mass is 267 g/mol. The second-order valence-electron chi connectivity index (χ2n) is 7.18. The molecule has 2 fully saturated rings. The maximum Gasteiger partial charge on any atom is 0.320 e. The van der Waals surface area contributed by atoms with E-state index in [4.69, 9.17) is 0 Å². The molecular formula is C16H29NO2. The van der Waals surface area contributed by atoms with E-state index in [1.54, 1.807) is 0 Å². The highest BCUT2D eigenvalue weighted by Crippen LogP contribution is 2.46. The first-order valence-electron chi connectivity index (χ1n) is 7.95. The lowest BCUT2D eigenvalue weighted by molar-refractivity contribution is -0.142. The first kappa shape index (κ1) is 14.8. The summed E-state index contributed by atoms with van der Waals surface area (Å²) in [6.45, 7) is 6.35. The van der Waals surface area contributed by atoms with Crippen LogP contribution in [0.5, 0.6) is 0 Å². The Morgan fingerprint density at radius 3 is 2.37 bits per heavy atom. The molecule has 0 aromatic carbocycles. The van der Waals surface area contributed by atoms with Crippen LogP contribution in [-0.2, 0) is 4.79 Å². The fourth-order valence-corrected chi connectivity index (χ4v) is 3.99. The molecule has 3 heteroatoms. The van der Waals surface area contributed by atoms with Gasteiger partial charge in [0.15, 0.2) is 0 Å². The van der Waals surface area contributed by atoms with E-state index in [1.807, 2.05) is 13.8 Å². The number of rotatable bonds is 5. The van der Waals surface area contributed by atoms with Crippen molar-refractivity contribution in [2.24, 2.45) is 17.8 Å². The molecule has 0 radical (unpaired) electrons. The highest BCUT2D eigenvalue weighted by molar-refractivity contribution is 5.74. The fraction of sp³-hybridized carbons (Fsp3) is 0.938. The van der Waals surface area contributed by atoms with Gasteiger partial charge in [0.25, 0.3) is 0 Å². The van der Waals surface area contributed by atoms with Gasteiger partial charge in [-0.25, -0.2) is 0 Å². The van der Waals surface area contributed by atoms with Gasteiger partial charge in [-0.15, -0.1) is 0 Å². The van der Waals surface area contributed by atoms with Gasteiger partial charge in [-0.1, -0.05) is 33.6 Å². The van der Waals surface area contributed by atoms with Crippen molar-refractivity contribution in [2.75, 3.05) is 0 Å². The van der Waals surface area contributed by atoms with Crippen LogP contribution in [0, 0.1) is 17.8 Å². The van der Waals surface area contributed by atoms with Crippen LogP contribution in [0.3, 0.4) is 0 Å². The van der Waals surface area contributed by atoms with Gasteiger partial charge in [-0.05, 0) is 49.9 Å². The van der Waals surface area contributed by atoms with Crippen LogP contribution < -0.4 is 5.32 Å². The predicted octanol–water partition coefficient (Wildman–Crippen LogP) is 3.43. The SMILES string of the molecule is CC1CCCC(C2(NC(C(=O)O)C(C)C)CCC2)C1. The predicted molar refractivity (Wildman–Crippen MR) is 77.1 cm³/mol. The molecule has 3 atom stereocenters. The molecule has 2 aliphatic carbocycles. The molecule has 19 heavy (non-hydrogen) atoms. The molecule has 0 aromatic rings. The number of hydrogen-bond donors (Lipinski definition) is 2. The second kappa shape index (κ2) is 5.82. The van der Waals surface area contributed by atoms with Gasteiger partial charge in [0, 0.05) is 5.54 Å². The Bertz CT molecular complexity index is 323. The third kappa shape index (κ3) is 3.13. The van der Waals surface area contributed by atoms with E-state index in [1.165, 1.54) is 44.9 Å². The molecule has 0 aromatic heterocycles. The van der Waals surface area contributed by atoms with E-state index in [2.05, 4.69) is 12.2 Å². The normalized spacial score (nSPS) is 31.8. The summed E-state index contributed by atoms with van der Waals surface area (Å²) >= 11 is 0. The Labute approximate surface area is 117 Å². The van der Waals surface area contributed by atoms with Gasteiger partial charge >= 0.3 is 5.97 Å². The van der Waals surface area contributed by atoms with E-state index < -0.39 is 12.0 Å². The Kier molecular flexibility index (Phi) is 4.54. The molecule has 2 rings (SSSR count). The minimum atomic E-state index is -0.690. The molecule has 0 bridgehead atoms. The number of carbonyl (C=O) groups is 1. The van der Waals surface area contributed by atoms with E-state index in [9.17, 15) is 9.90 Å². The van der Waals surface area contributed by atoms with E-state index in [0.717, 1.165) is 5.92 Å². The highest BCUT2D eigenvalue weighted by Gasteiger charge is 2.47. The first-order valence-corrected chi connectivity index (χ1v) is 7.95. The maximum absolute atomic E-state index is 11.4. The van der Waals surface area contributed by atoms with Crippen molar-refractivity contribution in [3.8, 4) is 0 Å². The van der Waals surface area contributed by atoms with Gasteiger partial charge in [-0.2, -0.15) is 0 Å². The topological polar surface area (TPSA) is 49.3 Å². The molecule has 2 N–H and O–H groups in total. The largest absolute Gasteiger partial charge is 0.480 e. The van der Waals surface area contributed by atoms with Gasteiger partial charge < -0.3 is 5.11 Å². The van der Waals surface area contributed by atoms with Gasteiger partial charge in [0.2, 0.25) is 0 Å². The molecule has 2 aliphatic rings. The van der Waals surface area contributed by atoms with Crippen LogP contribution >= 0.6 is 0 Å². The van der Waals surface area contributed by atoms with Crippen LogP contribution in [0.15, 0.2) is 0 Å². The molecule has 3 nitrogen and oxygen atoms in total. The third-order valence-electron chi connectivity index (χ3n) is 5.34. The first-order chi connectivity index (χ1) is 8.94. The number of hydrogen-bond acceptors (Lipinski definition) is 2. The van der Waals surface area contributed by atoms with Crippen LogP contribution in [0.4, 0.5) is 0 Å². The van der Waals surface area contributed by atoms with Gasteiger partial charge in [0.05, 0.1) is 0 Å². The Balaban J connectivity index is 2.07. The summed E-state index contributed by atoms with van der Waals surface area (Å²) in [5, 5.41) is 13.0. The van der Waals surface area contributed by atoms with E-state index in [-0.39, 0.29) is 11.5 Å². The number of carboxylic acids is 1. The Hall–Kier alpha value is -0.570. The number of aliphatic carboxylic acids is 1. The minimum absolute atomic E-state index is 0.127. The summed E-state index contributed by atoms with van der Waals surface area (Å²) < 4.78 is 0. The average Bonchev–Trinajstić information content (AvgIpc) is 2.26. The molecule has 0 aliphatic heterocycles. The molecule has 3 unspecified atom stereocenters. The minimum Gasteiger partial charge on any atom is -0.480 e. The third-order valence-corrected chi connectivity index (χ3v) is 5.34. The summed E-state index contributed by atoms with van der Waals surface area (Å²) in [5.41, 5.74) is 0.127. The lowest BCUT2D eigenvalue weighted by Gasteiger charge is -2.52. The molecule has 0 spiro atoms. The molecule has 110 valence electrons. The van der Waals surface area contributed by atoms with Crippen LogP contribution in [0.2, 0.25) is 0 Å². The molecule has 0 saturated heterocycles. The fourth-order valence-electron chi connectivity index (χ4n) is 3.99. The summed E-state index contributed by atoms with van der Waals surface area (Å²) in [6.07, 6.45) is 8.80. The van der Waals surface area contributed by atoms with Crippen LogP contribution in [0.25, 0.3) is 0 Å². The molecule has 0 amide bonds. The van der Waals surface area contributed by atoms with Gasteiger partial charge in [-0.3, -0.25) is 10.1 Å². The van der Waals surface area contributed by atoms with Crippen molar-refractivity contribution in [1.82, 2.24) is 5.32 Å². The van der Waals surface area contributed by atoms with Crippen molar-refractivity contribution in [2.45, 2.75) is 77.3 Å². The maximum atomic E-state index is 11.4. The lowest BCUT2D eigenvalue weighted by Crippen LogP contribution is -2.63. The summed E-state index contributed by atoms with van der Waals surface area (Å²) in [6, 6.07) is -0.391. The molecule has 0 heterocycles. The highest BCUT2D eigenvalue weighted by atomic mass is 16.4. The average molecular weight is 267 g/mol. The molecular weight excluding hydrogens is 238 g/mol. The van der Waals surface area contributed by atoms with Gasteiger partial charge in [0.1, 0.15) is 6.04 Å². The van der Waals surface area contributed by atoms with Crippen LogP contribution in [-0.4, -0.2) is 22.7 Å². The Morgan fingerprint density at radius 1 is 1.26 bits per heavy atom. The zero-order valence-corrected chi connectivity index (χ0v) is 12.6. The zero-order valence-electron chi connectivity index (χ0n) is 12.6. The summed E-state index contributed by atoms with van der Waals surface area (Å²) in [7, 11) is 0. The van der Waals surface area contributed by atoms with Crippen molar-refractivity contribution < 1.29 is 9.90 Å². The van der Waals surface area contributed by atoms with Crippen molar-refractivity contribution in [3.05, 3.63) is 0 Å². The van der Waals surface area contributed by atoms with E-state index >= 15 is 0 Å². The van der Waals surface area contributed by atoms with E-state index in [0.29, 0.717) is 5.92 Å². The molecule has 2 saturated carbocycles. The Morgan fingerprint density at radius 2 is 1.95 bits per heavy atom. The summed E-state index contributed by atoms with van der Waals surface area (Å²) in [5.74, 6) is 0.951. The zero-order chi connectivity index (χ0) is 14.0. The standard InChI is InChI=1S/C16H29NO2/c1-11(2)14(15(18)19)17-16(8-5-9-16)13-7-4-6-12(3)10-13/h11-14,17H,4-10H2,1-3H3,(H,18,19).